The molecule has 6 nitrogen and oxygen atoms in total. The van der Waals surface area contributed by atoms with Crippen LogP contribution in [0, 0.1) is 0 Å². The average molecular weight is 439 g/mol. The Labute approximate surface area is 192 Å². The molecule has 1 aliphatic rings. The topological polar surface area (TPSA) is 68.2 Å². The molecule has 6 heteroatoms. The maximum Gasteiger partial charge on any atom is 0.255 e. The zero-order valence-electron chi connectivity index (χ0n) is 18.9. The average Bonchev–Trinajstić information content (AvgIpc) is 3.21. The lowest BCUT2D eigenvalue weighted by Crippen LogP contribution is -2.31. The molecule has 0 bridgehead atoms. The lowest BCUT2D eigenvalue weighted by molar-refractivity contribution is -0.113. The zero-order valence-corrected chi connectivity index (χ0v) is 18.9. The van der Waals surface area contributed by atoms with Crippen molar-refractivity contribution in [1.82, 2.24) is 9.55 Å². The molecule has 3 aromatic carbocycles. The number of hydrogen-bond acceptors (Lipinski definition) is 4. The number of aromatic nitrogens is 2. The number of benzene rings is 3. The Morgan fingerprint density at radius 2 is 1.79 bits per heavy atom. The first-order chi connectivity index (χ1) is 16.1. The van der Waals surface area contributed by atoms with E-state index in [4.69, 9.17) is 9.72 Å². The molecule has 5 rings (SSSR count). The maximum atomic E-state index is 13.7. The number of rotatable bonds is 5. The number of hydrogen-bond donors (Lipinski definition) is 2. The van der Waals surface area contributed by atoms with Crippen molar-refractivity contribution in [2.75, 3.05) is 17.7 Å². The quantitative estimate of drug-likeness (QED) is 0.430. The molecule has 2 heterocycles. The molecule has 33 heavy (non-hydrogen) atoms. The van der Waals surface area contributed by atoms with Crippen LogP contribution in [0.5, 0.6) is 5.75 Å². The highest BCUT2D eigenvalue weighted by molar-refractivity contribution is 6.06. The maximum absolute atomic E-state index is 13.7. The van der Waals surface area contributed by atoms with Crippen molar-refractivity contribution >= 4 is 28.6 Å². The van der Waals surface area contributed by atoms with Crippen LogP contribution in [0.1, 0.15) is 31.0 Å². The zero-order chi connectivity index (χ0) is 22.9. The monoisotopic (exact) mass is 438 g/mol. The van der Waals surface area contributed by atoms with Crippen molar-refractivity contribution in [1.29, 1.82) is 0 Å². The second-order valence-corrected chi connectivity index (χ2v) is 8.11. The summed E-state index contributed by atoms with van der Waals surface area (Å²) in [6.07, 6.45) is 0.953. The number of aryl methyl sites for hydroxylation is 1. The molecule has 0 saturated heterocycles. The Bertz CT molecular complexity index is 1370. The minimum atomic E-state index is -0.403. The van der Waals surface area contributed by atoms with Gasteiger partial charge in [-0.2, -0.15) is 0 Å². The largest absolute Gasteiger partial charge is 0.496 e. The van der Waals surface area contributed by atoms with E-state index in [1.807, 2.05) is 79.7 Å². The summed E-state index contributed by atoms with van der Waals surface area (Å²) in [5.41, 5.74) is 6.08. The van der Waals surface area contributed by atoms with Crippen LogP contribution < -0.4 is 15.4 Å². The molecular formula is C27H26N4O2. The highest BCUT2D eigenvalue weighted by atomic mass is 16.5. The lowest BCUT2D eigenvalue weighted by atomic mass is 9.93. The number of methoxy groups -OCH3 is 1. The van der Waals surface area contributed by atoms with Crippen LogP contribution in [0.3, 0.4) is 0 Å². The molecule has 0 spiro atoms. The second kappa shape index (κ2) is 8.47. The van der Waals surface area contributed by atoms with Gasteiger partial charge in [-0.3, -0.25) is 9.36 Å². The molecule has 166 valence electrons. The third kappa shape index (κ3) is 3.63. The highest BCUT2D eigenvalue weighted by Crippen LogP contribution is 2.42. The van der Waals surface area contributed by atoms with Crippen molar-refractivity contribution < 1.29 is 9.53 Å². The number of carbonyl (C=O) groups is 1. The fraction of sp³-hybridized carbons (Fsp3) is 0.185. The summed E-state index contributed by atoms with van der Waals surface area (Å²) >= 11 is 0. The smallest absolute Gasteiger partial charge is 0.255 e. The third-order valence-corrected chi connectivity index (χ3v) is 6.13. The van der Waals surface area contributed by atoms with Gasteiger partial charge in [-0.05, 0) is 49.2 Å². The van der Waals surface area contributed by atoms with Crippen molar-refractivity contribution in [3.8, 4) is 5.75 Å². The van der Waals surface area contributed by atoms with E-state index in [-0.39, 0.29) is 5.91 Å². The molecule has 1 atom stereocenters. The minimum Gasteiger partial charge on any atom is -0.496 e. The predicted octanol–water partition coefficient (Wildman–Crippen LogP) is 5.53. The Morgan fingerprint density at radius 1 is 1.06 bits per heavy atom. The van der Waals surface area contributed by atoms with E-state index < -0.39 is 6.04 Å². The van der Waals surface area contributed by atoms with Crippen LogP contribution in [0.4, 0.5) is 11.6 Å². The first-order valence-corrected chi connectivity index (χ1v) is 11.1. The summed E-state index contributed by atoms with van der Waals surface area (Å²) in [5.74, 6) is 1.26. The van der Waals surface area contributed by atoms with Gasteiger partial charge in [0.05, 0.1) is 29.8 Å². The Kier molecular flexibility index (Phi) is 5.34. The number of para-hydroxylation sites is 3. The van der Waals surface area contributed by atoms with Crippen LogP contribution in [0.25, 0.3) is 11.0 Å². The number of nitrogens with zero attached hydrogens (tertiary/aromatic N) is 2. The number of carbonyl (C=O) groups excluding carboxylic acids is 1. The van der Waals surface area contributed by atoms with Crippen molar-refractivity contribution in [3.05, 3.63) is 95.2 Å². The molecule has 1 amide bonds. The molecule has 4 aromatic rings. The van der Waals surface area contributed by atoms with E-state index in [9.17, 15) is 4.79 Å². The van der Waals surface area contributed by atoms with E-state index in [1.165, 1.54) is 5.56 Å². The first kappa shape index (κ1) is 20.8. The van der Waals surface area contributed by atoms with Crippen LogP contribution in [0.2, 0.25) is 0 Å². The van der Waals surface area contributed by atoms with Gasteiger partial charge in [0, 0.05) is 16.9 Å². The van der Waals surface area contributed by atoms with Crippen LogP contribution in [0.15, 0.2) is 84.1 Å². The molecule has 0 fully saturated rings. The van der Waals surface area contributed by atoms with E-state index in [0.29, 0.717) is 11.5 Å². The molecule has 0 saturated carbocycles. The normalized spacial score (nSPS) is 15.2. The van der Waals surface area contributed by atoms with Crippen LogP contribution >= 0.6 is 0 Å². The van der Waals surface area contributed by atoms with E-state index in [0.717, 1.165) is 40.2 Å². The lowest BCUT2D eigenvalue weighted by Gasteiger charge is -2.31. The van der Waals surface area contributed by atoms with Gasteiger partial charge < -0.3 is 15.4 Å². The van der Waals surface area contributed by atoms with Gasteiger partial charge in [-0.25, -0.2) is 4.98 Å². The molecule has 1 aliphatic heterocycles. The summed E-state index contributed by atoms with van der Waals surface area (Å²) in [5, 5.41) is 6.44. The van der Waals surface area contributed by atoms with Gasteiger partial charge in [0.1, 0.15) is 5.75 Å². The van der Waals surface area contributed by atoms with E-state index >= 15 is 0 Å². The first-order valence-electron chi connectivity index (χ1n) is 11.1. The molecular weight excluding hydrogens is 412 g/mol. The number of allylic oxidation sites excluding steroid dienone is 1. The number of imidazole rings is 1. The van der Waals surface area contributed by atoms with Crippen LogP contribution in [-0.2, 0) is 11.2 Å². The van der Waals surface area contributed by atoms with Gasteiger partial charge in [0.25, 0.3) is 5.91 Å². The summed E-state index contributed by atoms with van der Waals surface area (Å²) in [4.78, 5) is 18.5. The molecule has 0 radical (unpaired) electrons. The number of ether oxygens (including phenoxy) is 1. The van der Waals surface area contributed by atoms with E-state index in [2.05, 4.69) is 22.1 Å². The number of amides is 1. The Morgan fingerprint density at radius 3 is 2.55 bits per heavy atom. The summed E-state index contributed by atoms with van der Waals surface area (Å²) in [6.45, 7) is 4.03. The van der Waals surface area contributed by atoms with Gasteiger partial charge in [-0.1, -0.05) is 49.4 Å². The SMILES string of the molecule is CCc1ccc(NC(=O)C2=C(C)Nc3nc4ccccc4n3C2c2ccccc2OC)cc1. The van der Waals surface area contributed by atoms with Gasteiger partial charge >= 0.3 is 0 Å². The van der Waals surface area contributed by atoms with Crippen molar-refractivity contribution in [3.63, 3.8) is 0 Å². The fourth-order valence-corrected chi connectivity index (χ4v) is 4.47. The fourth-order valence-electron chi connectivity index (χ4n) is 4.47. The highest BCUT2D eigenvalue weighted by Gasteiger charge is 2.35. The minimum absolute atomic E-state index is 0.163. The van der Waals surface area contributed by atoms with Crippen molar-refractivity contribution in [2.24, 2.45) is 0 Å². The second-order valence-electron chi connectivity index (χ2n) is 8.11. The van der Waals surface area contributed by atoms with Gasteiger partial charge in [0.15, 0.2) is 0 Å². The van der Waals surface area contributed by atoms with E-state index in [1.54, 1.807) is 7.11 Å². The molecule has 0 aliphatic carbocycles. The number of nitrogens with one attached hydrogen (secondary N) is 2. The Hall–Kier alpha value is -4.06. The number of fused-ring (bicyclic) bond motifs is 3. The summed E-state index contributed by atoms with van der Waals surface area (Å²) in [7, 11) is 1.65. The molecule has 2 N–H and O–H groups in total. The third-order valence-electron chi connectivity index (χ3n) is 6.13. The summed E-state index contributed by atoms with van der Waals surface area (Å²) in [6, 6.07) is 23.3. The predicted molar refractivity (Wildman–Crippen MR) is 132 cm³/mol. The van der Waals surface area contributed by atoms with Gasteiger partial charge in [-0.15, -0.1) is 0 Å². The molecule has 1 unspecified atom stereocenters. The number of anilines is 2. The molecule has 1 aromatic heterocycles. The Balaban J connectivity index is 1.65. The summed E-state index contributed by atoms with van der Waals surface area (Å²) < 4.78 is 7.78. The van der Waals surface area contributed by atoms with Gasteiger partial charge in [0.2, 0.25) is 5.95 Å². The van der Waals surface area contributed by atoms with Crippen LogP contribution in [-0.4, -0.2) is 22.6 Å². The van der Waals surface area contributed by atoms with Crippen molar-refractivity contribution in [2.45, 2.75) is 26.3 Å². The standard InChI is InChI=1S/C27H26N4O2/c1-4-18-13-15-19(16-14-18)29-26(32)24-17(2)28-27-30-21-10-6-7-11-22(21)31(27)25(24)20-9-5-8-12-23(20)33-3/h5-16,25H,4H2,1-3H3,(H,28,30)(H,29,32).